The zero-order valence-corrected chi connectivity index (χ0v) is 8.88. The molecule has 0 aliphatic rings. The highest BCUT2D eigenvalue weighted by Crippen LogP contribution is 2.16. The van der Waals surface area contributed by atoms with Crippen LogP contribution in [0.3, 0.4) is 0 Å². The Balaban J connectivity index is 2.58. The van der Waals surface area contributed by atoms with Crippen LogP contribution < -0.4 is 10.6 Å². The highest BCUT2D eigenvalue weighted by Gasteiger charge is 2.06. The summed E-state index contributed by atoms with van der Waals surface area (Å²) in [6.45, 7) is 2.29. The maximum absolute atomic E-state index is 13.2. The van der Waals surface area contributed by atoms with Crippen LogP contribution in [-0.2, 0) is 4.79 Å². The quantitative estimate of drug-likeness (QED) is 0.752. The zero-order chi connectivity index (χ0) is 12.0. The average Bonchev–Trinajstić information content (AvgIpc) is 2.24. The fourth-order valence-corrected chi connectivity index (χ4v) is 1.22. The van der Waals surface area contributed by atoms with Gasteiger partial charge in [-0.1, -0.05) is 6.07 Å². The predicted octanol–water partition coefficient (Wildman–Crippen LogP) is 1.25. The molecule has 1 amide bonds. The molecule has 0 bridgehead atoms. The molecule has 0 saturated carbocycles. The van der Waals surface area contributed by atoms with E-state index >= 15 is 0 Å². The largest absolute Gasteiger partial charge is 0.382 e. The zero-order valence-electron chi connectivity index (χ0n) is 8.88. The van der Waals surface area contributed by atoms with Gasteiger partial charge < -0.3 is 10.6 Å². The Kier molecular flexibility index (Phi) is 4.28. The Morgan fingerprint density at radius 1 is 1.50 bits per heavy atom. The van der Waals surface area contributed by atoms with E-state index in [1.165, 1.54) is 19.1 Å². The lowest BCUT2D eigenvalue weighted by Gasteiger charge is -2.08. The number of nitrogens with one attached hydrogen (secondary N) is 2. The molecule has 0 unspecified atom stereocenters. The van der Waals surface area contributed by atoms with Crippen LogP contribution >= 0.6 is 0 Å². The van der Waals surface area contributed by atoms with Crippen LogP contribution in [0, 0.1) is 17.1 Å². The van der Waals surface area contributed by atoms with E-state index in [-0.39, 0.29) is 11.5 Å². The van der Waals surface area contributed by atoms with Crippen molar-refractivity contribution in [1.29, 1.82) is 5.26 Å². The molecule has 0 spiro atoms. The molecule has 2 N–H and O–H groups in total. The van der Waals surface area contributed by atoms with Crippen molar-refractivity contribution < 1.29 is 9.18 Å². The third-order valence-corrected chi connectivity index (χ3v) is 1.94. The smallest absolute Gasteiger partial charge is 0.216 e. The van der Waals surface area contributed by atoms with Crippen molar-refractivity contribution in [3.63, 3.8) is 0 Å². The van der Waals surface area contributed by atoms with E-state index in [0.717, 1.165) is 0 Å². The van der Waals surface area contributed by atoms with Gasteiger partial charge in [-0.2, -0.15) is 5.26 Å². The van der Waals surface area contributed by atoms with Gasteiger partial charge in [-0.15, -0.1) is 0 Å². The SMILES string of the molecule is CC(=O)NCCNc1cccc(F)c1C#N. The standard InChI is InChI=1S/C11H12FN3O/c1-8(16)14-5-6-15-11-4-2-3-10(12)9(11)7-13/h2-4,15H,5-6H2,1H3,(H,14,16). The van der Waals surface area contributed by atoms with E-state index in [2.05, 4.69) is 10.6 Å². The molecule has 0 atom stereocenters. The third-order valence-electron chi connectivity index (χ3n) is 1.94. The van der Waals surface area contributed by atoms with Gasteiger partial charge in [-0.3, -0.25) is 4.79 Å². The summed E-state index contributed by atoms with van der Waals surface area (Å²) < 4.78 is 13.2. The highest BCUT2D eigenvalue weighted by molar-refractivity contribution is 5.72. The van der Waals surface area contributed by atoms with Crippen molar-refractivity contribution in [2.24, 2.45) is 0 Å². The van der Waals surface area contributed by atoms with E-state index in [1.807, 2.05) is 0 Å². The Morgan fingerprint density at radius 2 is 2.25 bits per heavy atom. The van der Waals surface area contributed by atoms with Crippen LogP contribution in [0.25, 0.3) is 0 Å². The number of halogens is 1. The number of hydrogen-bond acceptors (Lipinski definition) is 3. The van der Waals surface area contributed by atoms with Gasteiger partial charge in [-0.25, -0.2) is 4.39 Å². The first kappa shape index (κ1) is 12.0. The van der Waals surface area contributed by atoms with E-state index in [9.17, 15) is 9.18 Å². The molecule has 1 aromatic rings. The monoisotopic (exact) mass is 221 g/mol. The van der Waals surface area contributed by atoms with Gasteiger partial charge in [0.2, 0.25) is 5.91 Å². The van der Waals surface area contributed by atoms with Crippen LogP contribution in [0.15, 0.2) is 18.2 Å². The van der Waals surface area contributed by atoms with Crippen LogP contribution in [0.4, 0.5) is 10.1 Å². The summed E-state index contributed by atoms with van der Waals surface area (Å²) in [5.74, 6) is -0.673. The molecule has 1 aromatic carbocycles. The maximum atomic E-state index is 13.2. The molecule has 16 heavy (non-hydrogen) atoms. The Bertz CT molecular complexity index is 426. The van der Waals surface area contributed by atoms with Crippen LogP contribution in [-0.4, -0.2) is 19.0 Å². The first-order valence-electron chi connectivity index (χ1n) is 4.82. The molecule has 0 aliphatic heterocycles. The first-order chi connectivity index (χ1) is 7.65. The van der Waals surface area contributed by atoms with Crippen molar-refractivity contribution in [3.8, 4) is 6.07 Å². The van der Waals surface area contributed by atoms with Gasteiger partial charge >= 0.3 is 0 Å². The Hall–Kier alpha value is -2.09. The molecular formula is C11H12FN3O. The molecule has 1 rings (SSSR count). The topological polar surface area (TPSA) is 64.9 Å². The van der Waals surface area contributed by atoms with E-state index in [1.54, 1.807) is 12.1 Å². The molecule has 5 heteroatoms. The van der Waals surface area contributed by atoms with E-state index in [0.29, 0.717) is 18.8 Å². The van der Waals surface area contributed by atoms with Gasteiger partial charge in [-0.05, 0) is 12.1 Å². The lowest BCUT2D eigenvalue weighted by Crippen LogP contribution is -2.26. The molecule has 4 nitrogen and oxygen atoms in total. The number of amides is 1. The van der Waals surface area contributed by atoms with Gasteiger partial charge in [0, 0.05) is 20.0 Å². The summed E-state index contributed by atoms with van der Waals surface area (Å²) >= 11 is 0. The van der Waals surface area contributed by atoms with E-state index in [4.69, 9.17) is 5.26 Å². The number of carbonyl (C=O) groups excluding carboxylic acids is 1. The number of nitrogens with zero attached hydrogens (tertiary/aromatic N) is 1. The van der Waals surface area contributed by atoms with Gasteiger partial charge in [0.15, 0.2) is 0 Å². The summed E-state index contributed by atoms with van der Waals surface area (Å²) in [6, 6.07) is 6.17. The summed E-state index contributed by atoms with van der Waals surface area (Å²) in [5.41, 5.74) is 0.429. The fraction of sp³-hybridized carbons (Fsp3) is 0.273. The van der Waals surface area contributed by atoms with Crippen molar-refractivity contribution in [2.45, 2.75) is 6.92 Å². The molecule has 0 heterocycles. The summed E-state index contributed by atoms with van der Waals surface area (Å²) in [5, 5.41) is 14.2. The predicted molar refractivity (Wildman–Crippen MR) is 58.3 cm³/mol. The van der Waals surface area contributed by atoms with Gasteiger partial charge in [0.1, 0.15) is 17.4 Å². The van der Waals surface area contributed by atoms with Gasteiger partial charge in [0.25, 0.3) is 0 Å². The average molecular weight is 221 g/mol. The number of nitriles is 1. The molecule has 0 fully saturated rings. The van der Waals surface area contributed by atoms with Crippen molar-refractivity contribution in [3.05, 3.63) is 29.6 Å². The number of benzene rings is 1. The summed E-state index contributed by atoms with van der Waals surface area (Å²) in [4.78, 5) is 10.6. The summed E-state index contributed by atoms with van der Waals surface area (Å²) in [6.07, 6.45) is 0. The first-order valence-corrected chi connectivity index (χ1v) is 4.82. The minimum atomic E-state index is -0.549. The second-order valence-corrected chi connectivity index (χ2v) is 3.18. The summed E-state index contributed by atoms with van der Waals surface area (Å²) in [7, 11) is 0. The number of anilines is 1. The number of carbonyl (C=O) groups is 1. The van der Waals surface area contributed by atoms with Crippen LogP contribution in [0.5, 0.6) is 0 Å². The Labute approximate surface area is 93.1 Å². The number of rotatable bonds is 4. The molecular weight excluding hydrogens is 209 g/mol. The second kappa shape index (κ2) is 5.71. The third kappa shape index (κ3) is 3.24. The van der Waals surface area contributed by atoms with Crippen molar-refractivity contribution in [1.82, 2.24) is 5.32 Å². The minimum absolute atomic E-state index is 0.00896. The van der Waals surface area contributed by atoms with Crippen LogP contribution in [0.2, 0.25) is 0 Å². The lowest BCUT2D eigenvalue weighted by atomic mass is 10.2. The number of hydrogen-bond donors (Lipinski definition) is 2. The normalized spacial score (nSPS) is 9.31. The minimum Gasteiger partial charge on any atom is -0.382 e. The lowest BCUT2D eigenvalue weighted by molar-refractivity contribution is -0.118. The molecule has 0 saturated heterocycles. The molecule has 0 aliphatic carbocycles. The second-order valence-electron chi connectivity index (χ2n) is 3.18. The van der Waals surface area contributed by atoms with Crippen LogP contribution in [0.1, 0.15) is 12.5 Å². The van der Waals surface area contributed by atoms with E-state index < -0.39 is 5.82 Å². The molecule has 84 valence electrons. The fourth-order valence-electron chi connectivity index (χ4n) is 1.22. The highest BCUT2D eigenvalue weighted by atomic mass is 19.1. The van der Waals surface area contributed by atoms with Crippen molar-refractivity contribution in [2.75, 3.05) is 18.4 Å². The molecule has 0 aromatic heterocycles. The maximum Gasteiger partial charge on any atom is 0.216 e. The Morgan fingerprint density at radius 3 is 2.88 bits per heavy atom. The van der Waals surface area contributed by atoms with Crippen molar-refractivity contribution >= 4 is 11.6 Å². The van der Waals surface area contributed by atoms with Gasteiger partial charge in [0.05, 0.1) is 5.69 Å². The molecule has 0 radical (unpaired) electrons.